The molecule has 1 aromatic rings. The number of amides is 2. The van der Waals surface area contributed by atoms with Crippen LogP contribution in [0.3, 0.4) is 0 Å². The van der Waals surface area contributed by atoms with Crippen LogP contribution in [-0.2, 0) is 15.1 Å². The predicted molar refractivity (Wildman–Crippen MR) is 97.0 cm³/mol. The lowest BCUT2D eigenvalue weighted by atomic mass is 9.87. The number of halogens is 1. The molecular weight excluding hydrogens is 339 g/mol. The van der Waals surface area contributed by atoms with E-state index in [2.05, 4.69) is 10.3 Å². The molecule has 0 bridgehead atoms. The largest absolute Gasteiger partial charge is 0.444 e. The number of nitrogen functional groups attached to an aromatic ring is 1. The molecule has 0 aliphatic carbocycles. The topological polar surface area (TPSA) is 97.0 Å². The van der Waals surface area contributed by atoms with Crippen molar-refractivity contribution in [3.8, 4) is 0 Å². The summed E-state index contributed by atoms with van der Waals surface area (Å²) in [4.78, 5) is 30.5. The summed E-state index contributed by atoms with van der Waals surface area (Å²) in [6, 6.07) is 4.58. The van der Waals surface area contributed by atoms with Crippen molar-refractivity contribution in [3.05, 3.63) is 29.6 Å². The van der Waals surface area contributed by atoms with Crippen molar-refractivity contribution in [3.63, 3.8) is 0 Å². The standard InChI is InChI=1S/C18H25FN4O3/c1-6-23-13(24)10-18(5,11-8-7-9-12(20)14(11)19)22-15(23)21-16(25)26-17(2,3)4/h7-9H,6,10,20H2,1-5H3,(H,21,22,25)/t18-/m0/s1. The maximum absolute atomic E-state index is 14.5. The van der Waals surface area contributed by atoms with Gasteiger partial charge in [0.15, 0.2) is 5.82 Å². The first kappa shape index (κ1) is 19.7. The average molecular weight is 364 g/mol. The van der Waals surface area contributed by atoms with Gasteiger partial charge in [-0.25, -0.2) is 14.2 Å². The molecule has 0 spiro atoms. The lowest BCUT2D eigenvalue weighted by Gasteiger charge is -2.36. The van der Waals surface area contributed by atoms with Crippen LogP contribution >= 0.6 is 0 Å². The summed E-state index contributed by atoms with van der Waals surface area (Å²) in [5.74, 6) is -0.867. The number of ether oxygens (including phenoxy) is 1. The number of rotatable bonds is 2. The third-order valence-corrected chi connectivity index (χ3v) is 3.94. The smallest absolute Gasteiger partial charge is 0.414 e. The number of hydrogen-bond acceptors (Lipinski definition) is 5. The lowest BCUT2D eigenvalue weighted by Crippen LogP contribution is -2.53. The summed E-state index contributed by atoms with van der Waals surface area (Å²) < 4.78 is 19.7. The summed E-state index contributed by atoms with van der Waals surface area (Å²) >= 11 is 0. The van der Waals surface area contributed by atoms with Gasteiger partial charge in [-0.1, -0.05) is 12.1 Å². The minimum Gasteiger partial charge on any atom is -0.444 e. The summed E-state index contributed by atoms with van der Waals surface area (Å²) in [5.41, 5.74) is 3.93. The van der Waals surface area contributed by atoms with Gasteiger partial charge in [0.2, 0.25) is 11.9 Å². The van der Waals surface area contributed by atoms with Crippen molar-refractivity contribution in [2.75, 3.05) is 12.3 Å². The van der Waals surface area contributed by atoms with Crippen LogP contribution in [0.4, 0.5) is 14.9 Å². The van der Waals surface area contributed by atoms with Gasteiger partial charge in [-0.15, -0.1) is 0 Å². The summed E-state index contributed by atoms with van der Waals surface area (Å²) in [6.45, 7) is 8.88. The first-order valence-corrected chi connectivity index (χ1v) is 8.41. The summed E-state index contributed by atoms with van der Waals surface area (Å²) in [7, 11) is 0. The second kappa shape index (κ2) is 6.93. The fraction of sp³-hybridized carbons (Fsp3) is 0.500. The van der Waals surface area contributed by atoms with E-state index in [9.17, 15) is 14.0 Å². The number of guanidine groups is 1. The van der Waals surface area contributed by atoms with E-state index in [1.54, 1.807) is 40.7 Å². The van der Waals surface area contributed by atoms with Gasteiger partial charge in [0.05, 0.1) is 17.6 Å². The number of nitrogens with two attached hydrogens (primary N) is 1. The van der Waals surface area contributed by atoms with E-state index in [1.165, 1.54) is 17.0 Å². The van der Waals surface area contributed by atoms with Crippen molar-refractivity contribution in [1.82, 2.24) is 10.2 Å². The fourth-order valence-corrected chi connectivity index (χ4v) is 2.78. The highest BCUT2D eigenvalue weighted by molar-refractivity contribution is 6.05. The average Bonchev–Trinajstić information content (AvgIpc) is 2.47. The molecule has 142 valence electrons. The third kappa shape index (κ3) is 4.12. The second-order valence-corrected chi connectivity index (χ2v) is 7.36. The third-order valence-electron chi connectivity index (χ3n) is 3.94. The van der Waals surface area contributed by atoms with E-state index < -0.39 is 23.1 Å². The molecular formula is C18H25FN4O3. The van der Waals surface area contributed by atoms with E-state index in [0.29, 0.717) is 6.54 Å². The quantitative estimate of drug-likeness (QED) is 0.789. The zero-order chi connectivity index (χ0) is 19.7. The van der Waals surface area contributed by atoms with Crippen LogP contribution in [0, 0.1) is 5.82 Å². The van der Waals surface area contributed by atoms with Crippen molar-refractivity contribution in [2.45, 2.75) is 52.2 Å². The van der Waals surface area contributed by atoms with Crippen LogP contribution in [0.25, 0.3) is 0 Å². The Morgan fingerprint density at radius 2 is 2.12 bits per heavy atom. The van der Waals surface area contributed by atoms with Crippen LogP contribution in [0.1, 0.15) is 46.6 Å². The van der Waals surface area contributed by atoms with Crippen LogP contribution in [0.2, 0.25) is 0 Å². The molecule has 0 saturated heterocycles. The fourth-order valence-electron chi connectivity index (χ4n) is 2.78. The highest BCUT2D eigenvalue weighted by atomic mass is 19.1. The molecule has 0 aromatic heterocycles. The van der Waals surface area contributed by atoms with Gasteiger partial charge in [0.1, 0.15) is 5.60 Å². The van der Waals surface area contributed by atoms with Gasteiger partial charge in [0, 0.05) is 12.1 Å². The van der Waals surface area contributed by atoms with E-state index >= 15 is 0 Å². The normalized spacial score (nSPS) is 20.6. The molecule has 0 unspecified atom stereocenters. The Morgan fingerprint density at radius 1 is 1.46 bits per heavy atom. The molecule has 1 aliphatic rings. The molecule has 7 nitrogen and oxygen atoms in total. The monoisotopic (exact) mass is 364 g/mol. The molecule has 0 radical (unpaired) electrons. The van der Waals surface area contributed by atoms with Crippen molar-refractivity contribution in [2.24, 2.45) is 4.99 Å². The maximum atomic E-state index is 14.5. The number of benzene rings is 1. The molecule has 2 amide bonds. The van der Waals surface area contributed by atoms with Gasteiger partial charge in [-0.05, 0) is 40.7 Å². The Morgan fingerprint density at radius 3 is 2.69 bits per heavy atom. The van der Waals surface area contributed by atoms with Gasteiger partial charge in [0.25, 0.3) is 0 Å². The van der Waals surface area contributed by atoms with Crippen molar-refractivity contribution < 1.29 is 18.7 Å². The maximum Gasteiger partial charge on any atom is 0.414 e. The number of hydrogen-bond donors (Lipinski definition) is 2. The molecule has 3 N–H and O–H groups in total. The Kier molecular flexibility index (Phi) is 5.25. The highest BCUT2D eigenvalue weighted by Gasteiger charge is 2.40. The van der Waals surface area contributed by atoms with Crippen LogP contribution < -0.4 is 11.1 Å². The summed E-state index contributed by atoms with van der Waals surface area (Å²) in [5, 5.41) is 2.51. The molecule has 2 rings (SSSR count). The number of nitrogens with zero attached hydrogens (tertiary/aromatic N) is 2. The second-order valence-electron chi connectivity index (χ2n) is 7.36. The first-order valence-electron chi connectivity index (χ1n) is 8.41. The predicted octanol–water partition coefficient (Wildman–Crippen LogP) is 2.76. The number of nitrogens with one attached hydrogen (secondary N) is 1. The van der Waals surface area contributed by atoms with Crippen molar-refractivity contribution >= 4 is 23.6 Å². The minimum atomic E-state index is -1.19. The lowest BCUT2D eigenvalue weighted by molar-refractivity contribution is -0.129. The Labute approximate surface area is 152 Å². The minimum absolute atomic E-state index is 0.0223. The Balaban J connectivity index is 2.44. The van der Waals surface area contributed by atoms with Gasteiger partial charge in [-0.2, -0.15) is 0 Å². The van der Waals surface area contributed by atoms with Gasteiger partial charge >= 0.3 is 6.09 Å². The SMILES string of the molecule is CCN1C(=O)C[C@@](C)(c2cccc(N)c2F)N=C1NC(=O)OC(C)(C)C. The van der Waals surface area contributed by atoms with Crippen LogP contribution in [0.5, 0.6) is 0 Å². The van der Waals surface area contributed by atoms with E-state index in [1.807, 2.05) is 0 Å². The van der Waals surface area contributed by atoms with Crippen molar-refractivity contribution in [1.29, 1.82) is 0 Å². The molecule has 1 heterocycles. The molecule has 8 heteroatoms. The number of carbonyl (C=O) groups excluding carboxylic acids is 2. The van der Waals surface area contributed by atoms with E-state index in [4.69, 9.17) is 10.5 Å². The molecule has 0 fully saturated rings. The number of carbonyl (C=O) groups is 2. The summed E-state index contributed by atoms with van der Waals surface area (Å²) in [6.07, 6.45) is -0.777. The molecule has 0 saturated carbocycles. The van der Waals surface area contributed by atoms with E-state index in [0.717, 1.165) is 0 Å². The Hall–Kier alpha value is -2.64. The number of alkyl carbamates (subject to hydrolysis) is 1. The number of aliphatic imine (C=N–C) groups is 1. The highest BCUT2D eigenvalue weighted by Crippen LogP contribution is 2.36. The molecule has 1 atom stereocenters. The molecule has 26 heavy (non-hydrogen) atoms. The number of anilines is 1. The molecule has 1 aliphatic heterocycles. The molecule has 1 aromatic carbocycles. The Bertz CT molecular complexity index is 757. The van der Waals surface area contributed by atoms with Crippen LogP contribution in [-0.4, -0.2) is 35.0 Å². The van der Waals surface area contributed by atoms with E-state index in [-0.39, 0.29) is 29.5 Å². The first-order chi connectivity index (χ1) is 12.0. The zero-order valence-electron chi connectivity index (χ0n) is 15.7. The van der Waals surface area contributed by atoms with Crippen LogP contribution in [0.15, 0.2) is 23.2 Å². The van der Waals surface area contributed by atoms with Gasteiger partial charge < -0.3 is 10.5 Å². The van der Waals surface area contributed by atoms with Gasteiger partial charge in [-0.3, -0.25) is 15.0 Å². The zero-order valence-corrected chi connectivity index (χ0v) is 15.7.